The molecule has 0 fully saturated rings. The van der Waals surface area contributed by atoms with Gasteiger partial charge in [-0.05, 0) is 6.92 Å². The summed E-state index contributed by atoms with van der Waals surface area (Å²) in [6.45, 7) is 1.15. The first kappa shape index (κ1) is 14.4. The summed E-state index contributed by atoms with van der Waals surface area (Å²) in [5.74, 6) is -3.65. The fourth-order valence-corrected chi connectivity index (χ4v) is 1.67. The van der Waals surface area contributed by atoms with Gasteiger partial charge in [-0.3, -0.25) is 19.9 Å². The van der Waals surface area contributed by atoms with Gasteiger partial charge in [-0.1, -0.05) is 0 Å². The molecule has 0 saturated heterocycles. The lowest BCUT2D eigenvalue weighted by molar-refractivity contribution is -0.387. The Morgan fingerprint density at radius 3 is 2.48 bits per heavy atom. The Balaban J connectivity index is 2.89. The molecule has 0 aliphatic carbocycles. The molecule has 0 unspecified atom stereocenters. The summed E-state index contributed by atoms with van der Waals surface area (Å²) in [5.41, 5.74) is -4.26. The topological polar surface area (TPSA) is 118 Å². The maximum absolute atomic E-state index is 13.7. The second-order valence-corrected chi connectivity index (χ2v) is 4.06. The highest BCUT2D eigenvalue weighted by Crippen LogP contribution is 2.25. The highest BCUT2D eigenvalue weighted by Gasteiger charge is 2.22. The molecule has 2 rings (SSSR count). The molecule has 110 valence electrons. The van der Waals surface area contributed by atoms with Crippen molar-refractivity contribution in [3.8, 4) is 11.6 Å². The van der Waals surface area contributed by atoms with Crippen LogP contribution >= 0.6 is 0 Å². The van der Waals surface area contributed by atoms with Crippen LogP contribution in [0, 0.1) is 28.7 Å². The fourth-order valence-electron chi connectivity index (χ4n) is 1.67. The average molecular weight is 299 g/mol. The van der Waals surface area contributed by atoms with E-state index in [1.807, 2.05) is 0 Å². The standard InChI is InChI=1S/C11H7F2N3O5/c1-4-9(17)14-11(19)15(10(4)18)7-3-8(16(20)21)6(13)2-5(7)12/h2-3,18H,1H3,(H,14,17,19). The zero-order valence-electron chi connectivity index (χ0n) is 10.4. The lowest BCUT2D eigenvalue weighted by atomic mass is 10.2. The van der Waals surface area contributed by atoms with Crippen molar-refractivity contribution in [2.75, 3.05) is 0 Å². The molecule has 21 heavy (non-hydrogen) atoms. The zero-order valence-corrected chi connectivity index (χ0v) is 10.4. The first-order valence-electron chi connectivity index (χ1n) is 5.42. The second kappa shape index (κ2) is 4.81. The van der Waals surface area contributed by atoms with Gasteiger partial charge in [-0.25, -0.2) is 13.8 Å². The van der Waals surface area contributed by atoms with E-state index in [0.717, 1.165) is 6.92 Å². The van der Waals surface area contributed by atoms with Gasteiger partial charge in [0.05, 0.1) is 16.2 Å². The number of nitrogens with zero attached hydrogens (tertiary/aromatic N) is 2. The first-order valence-corrected chi connectivity index (χ1v) is 5.42. The lowest BCUT2D eigenvalue weighted by Crippen LogP contribution is -2.30. The average Bonchev–Trinajstić information content (AvgIpc) is 2.38. The van der Waals surface area contributed by atoms with Crippen molar-refractivity contribution in [2.24, 2.45) is 0 Å². The third-order valence-electron chi connectivity index (χ3n) is 2.77. The number of hydrogen-bond donors (Lipinski definition) is 2. The van der Waals surface area contributed by atoms with E-state index < -0.39 is 45.1 Å². The van der Waals surface area contributed by atoms with E-state index in [-0.39, 0.29) is 11.6 Å². The van der Waals surface area contributed by atoms with Crippen molar-refractivity contribution in [3.63, 3.8) is 0 Å². The minimum atomic E-state index is -1.44. The van der Waals surface area contributed by atoms with Crippen LogP contribution in [0.1, 0.15) is 5.56 Å². The third-order valence-corrected chi connectivity index (χ3v) is 2.77. The quantitative estimate of drug-likeness (QED) is 0.626. The summed E-state index contributed by atoms with van der Waals surface area (Å²) in [5, 5.41) is 20.4. The van der Waals surface area contributed by atoms with Crippen molar-refractivity contribution >= 4 is 5.69 Å². The van der Waals surface area contributed by atoms with Gasteiger partial charge >= 0.3 is 11.4 Å². The summed E-state index contributed by atoms with van der Waals surface area (Å²) in [4.78, 5) is 34.2. The van der Waals surface area contributed by atoms with Crippen molar-refractivity contribution in [2.45, 2.75) is 6.92 Å². The van der Waals surface area contributed by atoms with Gasteiger partial charge in [0.2, 0.25) is 11.7 Å². The van der Waals surface area contributed by atoms with Crippen LogP contribution in [-0.4, -0.2) is 19.6 Å². The van der Waals surface area contributed by atoms with E-state index >= 15 is 0 Å². The number of H-pyrrole nitrogens is 1. The van der Waals surface area contributed by atoms with Gasteiger partial charge in [0, 0.05) is 12.1 Å². The third kappa shape index (κ3) is 2.26. The molecule has 2 aromatic rings. The molecular weight excluding hydrogens is 292 g/mol. The summed E-state index contributed by atoms with van der Waals surface area (Å²) in [6, 6.07) is 0.656. The summed E-state index contributed by atoms with van der Waals surface area (Å²) >= 11 is 0. The van der Waals surface area contributed by atoms with E-state index in [9.17, 15) is 33.6 Å². The molecular formula is C11H7F2N3O5. The van der Waals surface area contributed by atoms with Crippen molar-refractivity contribution in [3.05, 3.63) is 60.3 Å². The van der Waals surface area contributed by atoms with Crippen LogP contribution in [0.2, 0.25) is 0 Å². The van der Waals surface area contributed by atoms with E-state index in [0.29, 0.717) is 10.6 Å². The zero-order chi connectivity index (χ0) is 15.9. The van der Waals surface area contributed by atoms with Gasteiger partial charge < -0.3 is 5.11 Å². The lowest BCUT2D eigenvalue weighted by Gasteiger charge is -2.10. The van der Waals surface area contributed by atoms with Gasteiger partial charge in [-0.15, -0.1) is 0 Å². The van der Waals surface area contributed by atoms with E-state index in [4.69, 9.17) is 0 Å². The molecule has 8 nitrogen and oxygen atoms in total. The van der Waals surface area contributed by atoms with Crippen LogP contribution in [-0.2, 0) is 0 Å². The van der Waals surface area contributed by atoms with Crippen LogP contribution in [0.5, 0.6) is 5.88 Å². The van der Waals surface area contributed by atoms with E-state index in [2.05, 4.69) is 0 Å². The normalized spacial score (nSPS) is 10.6. The molecule has 0 atom stereocenters. The molecule has 0 bridgehead atoms. The van der Waals surface area contributed by atoms with Gasteiger partial charge in [-0.2, -0.15) is 4.39 Å². The number of halogens is 2. The Hall–Kier alpha value is -3.04. The van der Waals surface area contributed by atoms with Crippen LogP contribution in [0.3, 0.4) is 0 Å². The fraction of sp³-hybridized carbons (Fsp3) is 0.0909. The summed E-state index contributed by atoms with van der Waals surface area (Å²) < 4.78 is 27.3. The molecule has 0 amide bonds. The molecule has 1 aromatic heterocycles. The van der Waals surface area contributed by atoms with E-state index in [1.54, 1.807) is 4.98 Å². The molecule has 0 spiro atoms. The van der Waals surface area contributed by atoms with Crippen molar-refractivity contribution in [1.82, 2.24) is 9.55 Å². The largest absolute Gasteiger partial charge is 0.494 e. The van der Waals surface area contributed by atoms with Crippen molar-refractivity contribution in [1.29, 1.82) is 0 Å². The van der Waals surface area contributed by atoms with Crippen LogP contribution in [0.15, 0.2) is 21.7 Å². The predicted octanol–water partition coefficient (Wildman–Crippen LogP) is 0.726. The second-order valence-electron chi connectivity index (χ2n) is 4.06. The molecule has 1 heterocycles. The Kier molecular flexibility index (Phi) is 3.29. The van der Waals surface area contributed by atoms with Crippen LogP contribution in [0.4, 0.5) is 14.5 Å². The van der Waals surface area contributed by atoms with Gasteiger partial charge in [0.1, 0.15) is 0 Å². The number of nitro groups is 1. The molecule has 0 radical (unpaired) electrons. The Morgan fingerprint density at radius 2 is 1.90 bits per heavy atom. The van der Waals surface area contributed by atoms with Gasteiger partial charge in [0.25, 0.3) is 5.56 Å². The number of aromatic nitrogens is 2. The molecule has 0 aliphatic heterocycles. The highest BCUT2D eigenvalue weighted by molar-refractivity contribution is 5.47. The van der Waals surface area contributed by atoms with Crippen LogP contribution in [0.25, 0.3) is 5.69 Å². The molecule has 0 aliphatic rings. The Bertz CT molecular complexity index is 871. The SMILES string of the molecule is Cc1c(O)n(-c2cc([N+](=O)[O-])c(F)cc2F)c(=O)[nH]c1=O. The Morgan fingerprint density at radius 1 is 1.29 bits per heavy atom. The number of aromatic amines is 1. The number of benzene rings is 1. The number of nitrogens with one attached hydrogen (secondary N) is 1. The number of rotatable bonds is 2. The molecule has 2 N–H and O–H groups in total. The monoisotopic (exact) mass is 299 g/mol. The van der Waals surface area contributed by atoms with Crippen LogP contribution < -0.4 is 11.2 Å². The summed E-state index contributed by atoms with van der Waals surface area (Å²) in [6.07, 6.45) is 0. The maximum atomic E-state index is 13.7. The molecule has 10 heteroatoms. The van der Waals surface area contributed by atoms with E-state index in [1.165, 1.54) is 0 Å². The number of nitro benzene ring substituents is 1. The van der Waals surface area contributed by atoms with Gasteiger partial charge in [0.15, 0.2) is 5.82 Å². The molecule has 0 saturated carbocycles. The first-order chi connectivity index (χ1) is 9.73. The number of aromatic hydroxyl groups is 1. The minimum absolute atomic E-state index is 0.208. The highest BCUT2D eigenvalue weighted by atomic mass is 19.1. The minimum Gasteiger partial charge on any atom is -0.494 e. The summed E-state index contributed by atoms with van der Waals surface area (Å²) in [7, 11) is 0. The number of hydrogen-bond acceptors (Lipinski definition) is 5. The maximum Gasteiger partial charge on any atom is 0.335 e. The smallest absolute Gasteiger partial charge is 0.335 e. The Labute approximate surface area is 114 Å². The molecule has 1 aromatic carbocycles. The predicted molar refractivity (Wildman–Crippen MR) is 65.6 cm³/mol. The van der Waals surface area contributed by atoms with Crippen molar-refractivity contribution < 1.29 is 18.8 Å².